The first-order valence-corrected chi connectivity index (χ1v) is 5.15. The molecule has 0 aliphatic carbocycles. The van der Waals surface area contributed by atoms with Crippen molar-refractivity contribution in [3.05, 3.63) is 10.6 Å². The highest BCUT2D eigenvalue weighted by Gasteiger charge is 2.30. The molecule has 16 heavy (non-hydrogen) atoms. The van der Waals surface area contributed by atoms with Crippen LogP contribution in [0.5, 0.6) is 0 Å². The highest BCUT2D eigenvalue weighted by Crippen LogP contribution is 2.09. The Kier molecular flexibility index (Phi) is 3.55. The molecule has 0 aromatic carbocycles. The van der Waals surface area contributed by atoms with E-state index in [9.17, 15) is 14.7 Å². The molecule has 7 nitrogen and oxygen atoms in total. The second-order valence-corrected chi connectivity index (χ2v) is 4.20. The van der Waals surface area contributed by atoms with Crippen LogP contribution in [0.15, 0.2) is 0 Å². The number of carboxylic acid groups (broad SMARTS) is 1. The van der Waals surface area contributed by atoms with Gasteiger partial charge in [-0.1, -0.05) is 4.49 Å². The van der Waals surface area contributed by atoms with Gasteiger partial charge in [0.05, 0.1) is 12.2 Å². The second-order valence-electron chi connectivity index (χ2n) is 3.45. The summed E-state index contributed by atoms with van der Waals surface area (Å²) in [4.78, 5) is 22.4. The molecule has 0 saturated carbocycles. The zero-order valence-electron chi connectivity index (χ0n) is 8.72. The van der Waals surface area contributed by atoms with Crippen LogP contribution in [0.2, 0.25) is 0 Å². The van der Waals surface area contributed by atoms with Gasteiger partial charge in [-0.2, -0.15) is 0 Å². The summed E-state index contributed by atoms with van der Waals surface area (Å²) in [5.41, 5.74) is -1.51. The average Bonchev–Trinajstić information content (AvgIpc) is 2.61. The minimum Gasteiger partial charge on any atom is -0.479 e. The molecule has 3 N–H and O–H groups in total. The molecule has 1 heterocycles. The predicted molar refractivity (Wildman–Crippen MR) is 55.2 cm³/mol. The molecule has 0 aliphatic rings. The van der Waals surface area contributed by atoms with E-state index < -0.39 is 17.5 Å². The first kappa shape index (κ1) is 12.5. The van der Waals surface area contributed by atoms with E-state index in [2.05, 4.69) is 14.9 Å². The van der Waals surface area contributed by atoms with Crippen LogP contribution in [0.4, 0.5) is 0 Å². The van der Waals surface area contributed by atoms with Gasteiger partial charge in [-0.3, -0.25) is 4.79 Å². The lowest BCUT2D eigenvalue weighted by molar-refractivity contribution is -0.155. The number of carboxylic acids is 1. The van der Waals surface area contributed by atoms with Gasteiger partial charge < -0.3 is 15.5 Å². The molecule has 0 spiro atoms. The maximum Gasteiger partial charge on any atom is 0.337 e. The zero-order valence-corrected chi connectivity index (χ0v) is 9.54. The Morgan fingerprint density at radius 3 is 2.62 bits per heavy atom. The van der Waals surface area contributed by atoms with E-state index in [1.165, 1.54) is 0 Å². The van der Waals surface area contributed by atoms with Crippen molar-refractivity contribution in [1.82, 2.24) is 14.9 Å². The molecule has 8 heteroatoms. The predicted octanol–water partition coefficient (Wildman–Crippen LogP) is -0.588. The van der Waals surface area contributed by atoms with Crippen LogP contribution in [0.3, 0.4) is 0 Å². The maximum atomic E-state index is 11.5. The van der Waals surface area contributed by atoms with Gasteiger partial charge in [0.2, 0.25) is 0 Å². The number of nitrogens with zero attached hydrogens (tertiary/aromatic N) is 2. The third-order valence-electron chi connectivity index (χ3n) is 1.91. The summed E-state index contributed by atoms with van der Waals surface area (Å²) < 4.78 is 3.57. The minimum atomic E-state index is -1.98. The first-order valence-electron chi connectivity index (χ1n) is 4.37. The van der Waals surface area contributed by atoms with Gasteiger partial charge in [-0.15, -0.1) is 5.10 Å². The minimum absolute atomic E-state index is 0.307. The summed E-state index contributed by atoms with van der Waals surface area (Å²) >= 11 is 0.914. The fourth-order valence-electron chi connectivity index (χ4n) is 0.848. The van der Waals surface area contributed by atoms with E-state index in [-0.39, 0.29) is 6.54 Å². The van der Waals surface area contributed by atoms with Crippen LogP contribution in [-0.2, 0) is 4.79 Å². The lowest BCUT2D eigenvalue weighted by Crippen LogP contribution is -2.46. The van der Waals surface area contributed by atoms with Crippen LogP contribution >= 0.6 is 11.5 Å². The number of rotatable bonds is 4. The zero-order chi connectivity index (χ0) is 12.3. The number of carbonyl (C=O) groups is 2. The third-order valence-corrected chi connectivity index (χ3v) is 2.74. The molecule has 0 saturated heterocycles. The monoisotopic (exact) mass is 245 g/mol. The normalized spacial score (nSPS) is 14.2. The largest absolute Gasteiger partial charge is 0.479 e. The molecule has 1 aromatic heterocycles. The Morgan fingerprint density at radius 2 is 2.19 bits per heavy atom. The van der Waals surface area contributed by atoms with Gasteiger partial charge in [0.25, 0.3) is 5.91 Å². The highest BCUT2D eigenvalue weighted by atomic mass is 32.1. The number of aliphatic carboxylic acids is 1. The Morgan fingerprint density at radius 1 is 1.56 bits per heavy atom. The lowest BCUT2D eigenvalue weighted by atomic mass is 10.1. The van der Waals surface area contributed by atoms with Gasteiger partial charge in [0.1, 0.15) is 4.88 Å². The first-order chi connectivity index (χ1) is 7.34. The van der Waals surface area contributed by atoms with Crippen molar-refractivity contribution in [3.63, 3.8) is 0 Å². The number of aromatic nitrogens is 2. The fraction of sp³-hybridized carbons (Fsp3) is 0.500. The van der Waals surface area contributed by atoms with E-state index in [0.717, 1.165) is 18.5 Å². The Hall–Kier alpha value is -1.54. The summed E-state index contributed by atoms with van der Waals surface area (Å²) in [5.74, 6) is -1.89. The number of nitrogens with one attached hydrogen (secondary N) is 1. The number of hydrogen-bond acceptors (Lipinski definition) is 6. The lowest BCUT2D eigenvalue weighted by Gasteiger charge is -2.17. The van der Waals surface area contributed by atoms with E-state index >= 15 is 0 Å². The van der Waals surface area contributed by atoms with Crippen LogP contribution in [0.1, 0.15) is 22.3 Å². The van der Waals surface area contributed by atoms with E-state index in [4.69, 9.17) is 5.11 Å². The Labute approximate surface area is 95.3 Å². The van der Waals surface area contributed by atoms with Crippen molar-refractivity contribution in [2.24, 2.45) is 0 Å². The summed E-state index contributed by atoms with van der Waals surface area (Å²) in [7, 11) is 0. The highest BCUT2D eigenvalue weighted by molar-refractivity contribution is 7.07. The van der Waals surface area contributed by atoms with Crippen molar-refractivity contribution in [3.8, 4) is 0 Å². The van der Waals surface area contributed by atoms with E-state index in [1.807, 2.05) is 0 Å². The molecule has 1 amide bonds. The summed E-state index contributed by atoms with van der Waals surface area (Å²) in [6.45, 7) is 2.35. The molecule has 0 aliphatic heterocycles. The number of aliphatic hydroxyl groups is 1. The molecule has 0 fully saturated rings. The summed E-state index contributed by atoms with van der Waals surface area (Å²) in [6, 6.07) is 0. The number of carbonyl (C=O) groups excluding carboxylic acids is 1. The molecule has 1 aromatic rings. The smallest absolute Gasteiger partial charge is 0.337 e. The van der Waals surface area contributed by atoms with Gasteiger partial charge in [-0.25, -0.2) is 4.79 Å². The SMILES string of the molecule is Cc1nnsc1C(=O)NCC(C)(O)C(=O)O. The van der Waals surface area contributed by atoms with Crippen molar-refractivity contribution >= 4 is 23.4 Å². The van der Waals surface area contributed by atoms with Gasteiger partial charge in [0.15, 0.2) is 5.60 Å². The van der Waals surface area contributed by atoms with Crippen LogP contribution in [-0.4, -0.2) is 43.8 Å². The quantitative estimate of drug-likeness (QED) is 0.653. The van der Waals surface area contributed by atoms with Gasteiger partial charge in [0, 0.05) is 0 Å². The summed E-state index contributed by atoms with van der Waals surface area (Å²) in [5, 5.41) is 23.9. The van der Waals surface area contributed by atoms with Crippen molar-refractivity contribution in [1.29, 1.82) is 0 Å². The van der Waals surface area contributed by atoms with Crippen molar-refractivity contribution in [2.75, 3.05) is 6.54 Å². The second kappa shape index (κ2) is 4.54. The average molecular weight is 245 g/mol. The molecule has 1 rings (SSSR count). The topological polar surface area (TPSA) is 112 Å². The third kappa shape index (κ3) is 2.74. The number of aryl methyl sites for hydroxylation is 1. The Bertz CT molecular complexity index is 415. The van der Waals surface area contributed by atoms with E-state index in [0.29, 0.717) is 10.6 Å². The van der Waals surface area contributed by atoms with Crippen molar-refractivity contribution in [2.45, 2.75) is 19.4 Å². The molecule has 0 bridgehead atoms. The van der Waals surface area contributed by atoms with Crippen LogP contribution in [0.25, 0.3) is 0 Å². The maximum absolute atomic E-state index is 11.5. The number of amides is 1. The molecule has 1 atom stereocenters. The van der Waals surface area contributed by atoms with Gasteiger partial charge in [-0.05, 0) is 25.4 Å². The number of hydrogen-bond donors (Lipinski definition) is 3. The van der Waals surface area contributed by atoms with Crippen LogP contribution in [0, 0.1) is 6.92 Å². The molecule has 88 valence electrons. The Balaban J connectivity index is 2.61. The van der Waals surface area contributed by atoms with Crippen LogP contribution < -0.4 is 5.32 Å². The molecule has 0 radical (unpaired) electrons. The summed E-state index contributed by atoms with van der Waals surface area (Å²) in [6.07, 6.45) is 0. The van der Waals surface area contributed by atoms with Crippen molar-refractivity contribution < 1.29 is 19.8 Å². The fourth-order valence-corrected chi connectivity index (χ4v) is 1.42. The molecular weight excluding hydrogens is 234 g/mol. The molecular formula is C8H11N3O4S. The van der Waals surface area contributed by atoms with E-state index in [1.54, 1.807) is 6.92 Å². The van der Waals surface area contributed by atoms with Gasteiger partial charge >= 0.3 is 5.97 Å². The molecule has 1 unspecified atom stereocenters. The standard InChI is InChI=1S/C8H11N3O4S/c1-4-5(16-11-10-4)6(12)9-3-8(2,15)7(13)14/h15H,3H2,1-2H3,(H,9,12)(H,13,14).